The molecule has 0 fully saturated rings. The number of carbonyl (C=O) groups is 2. The summed E-state index contributed by atoms with van der Waals surface area (Å²) in [6.07, 6.45) is 0. The molecule has 0 unspecified atom stereocenters. The molecule has 7 heteroatoms. The molecule has 114 valence electrons. The van der Waals surface area contributed by atoms with Crippen LogP contribution in [0.15, 0.2) is 53.4 Å². The molecule has 0 saturated carbocycles. The van der Waals surface area contributed by atoms with Crippen LogP contribution >= 0.6 is 0 Å². The highest BCUT2D eigenvalue weighted by Crippen LogP contribution is 2.17. The van der Waals surface area contributed by atoms with Crippen LogP contribution in [0.4, 0.5) is 0 Å². The van der Waals surface area contributed by atoms with E-state index < -0.39 is 22.1 Å². The minimum atomic E-state index is -4.31. The number of carboxylic acids is 1. The summed E-state index contributed by atoms with van der Waals surface area (Å²) in [6, 6.07) is 11.0. The molecule has 0 spiro atoms. The normalized spacial score (nSPS) is 11.0. The molecule has 0 saturated heterocycles. The Hall–Kier alpha value is -2.67. The molecule has 0 atom stereocenters. The lowest BCUT2D eigenvalue weighted by Gasteiger charge is -2.07. The van der Waals surface area contributed by atoms with Crippen LogP contribution in [0, 0.1) is 6.92 Å². The maximum atomic E-state index is 12.0. The Balaban J connectivity index is 2.32. The first-order chi connectivity index (χ1) is 10.3. The van der Waals surface area contributed by atoms with Gasteiger partial charge in [0, 0.05) is 0 Å². The van der Waals surface area contributed by atoms with Gasteiger partial charge in [-0.3, -0.25) is 0 Å². The molecule has 0 amide bonds. The zero-order valence-electron chi connectivity index (χ0n) is 11.5. The van der Waals surface area contributed by atoms with Crippen molar-refractivity contribution < 1.29 is 27.3 Å². The van der Waals surface area contributed by atoms with Gasteiger partial charge in [-0.2, -0.15) is 8.42 Å². The number of rotatable bonds is 4. The van der Waals surface area contributed by atoms with Crippen LogP contribution in [0.2, 0.25) is 0 Å². The Bertz CT molecular complexity index is 821. The van der Waals surface area contributed by atoms with E-state index in [-0.39, 0.29) is 16.0 Å². The van der Waals surface area contributed by atoms with Crippen LogP contribution in [0.3, 0.4) is 0 Å². The van der Waals surface area contributed by atoms with E-state index >= 15 is 0 Å². The Kier molecular flexibility index (Phi) is 4.27. The van der Waals surface area contributed by atoms with Gasteiger partial charge in [-0.1, -0.05) is 29.8 Å². The molecule has 0 bridgehead atoms. The molecule has 6 nitrogen and oxygen atoms in total. The zero-order chi connectivity index (χ0) is 16.3. The molecule has 0 aliphatic heterocycles. The predicted molar refractivity (Wildman–Crippen MR) is 77.2 cm³/mol. The first-order valence-electron chi connectivity index (χ1n) is 6.19. The zero-order valence-corrected chi connectivity index (χ0v) is 12.3. The number of hydrogen-bond donors (Lipinski definition) is 1. The molecule has 2 aromatic rings. The van der Waals surface area contributed by atoms with Crippen LogP contribution in [0.5, 0.6) is 0 Å². The maximum Gasteiger partial charge on any atom is 0.354 e. The molecule has 0 radical (unpaired) electrons. The summed E-state index contributed by atoms with van der Waals surface area (Å²) in [6.45, 7) is 1.78. The van der Waals surface area contributed by atoms with Gasteiger partial charge in [-0.25, -0.2) is 9.59 Å². The van der Waals surface area contributed by atoms with Gasteiger partial charge in [0.1, 0.15) is 4.90 Å². The monoisotopic (exact) mass is 320 g/mol. The van der Waals surface area contributed by atoms with Gasteiger partial charge in [0.25, 0.3) is 0 Å². The fourth-order valence-corrected chi connectivity index (χ4v) is 2.60. The van der Waals surface area contributed by atoms with Crippen molar-refractivity contribution in [2.75, 3.05) is 0 Å². The molecule has 2 aromatic carbocycles. The van der Waals surface area contributed by atoms with E-state index in [1.807, 2.05) is 0 Å². The van der Waals surface area contributed by atoms with E-state index in [1.165, 1.54) is 36.4 Å². The largest absolute Gasteiger partial charge is 0.478 e. The van der Waals surface area contributed by atoms with E-state index in [0.717, 1.165) is 5.56 Å². The maximum absolute atomic E-state index is 12.0. The summed E-state index contributed by atoms with van der Waals surface area (Å²) in [5.41, 5.74) is 0.193. The van der Waals surface area contributed by atoms with E-state index in [0.29, 0.717) is 0 Å². The highest BCUT2D eigenvalue weighted by atomic mass is 32.2. The van der Waals surface area contributed by atoms with Crippen molar-refractivity contribution in [2.45, 2.75) is 11.8 Å². The number of benzene rings is 2. The quantitative estimate of drug-likeness (QED) is 0.868. The summed E-state index contributed by atoms with van der Waals surface area (Å²) < 4.78 is 28.5. The Morgan fingerprint density at radius 1 is 0.955 bits per heavy atom. The van der Waals surface area contributed by atoms with Gasteiger partial charge in [0.05, 0.1) is 11.1 Å². The van der Waals surface area contributed by atoms with Crippen molar-refractivity contribution in [1.82, 2.24) is 0 Å². The Morgan fingerprint density at radius 3 is 2.05 bits per heavy atom. The summed E-state index contributed by atoms with van der Waals surface area (Å²) in [7, 11) is -4.31. The average Bonchev–Trinajstić information content (AvgIpc) is 2.47. The molecule has 2 rings (SSSR count). The third-order valence-electron chi connectivity index (χ3n) is 2.87. The van der Waals surface area contributed by atoms with E-state index in [4.69, 9.17) is 5.11 Å². The van der Waals surface area contributed by atoms with Crippen molar-refractivity contribution in [1.29, 1.82) is 0 Å². The molecule has 0 aliphatic rings. The molecular weight excluding hydrogens is 308 g/mol. The fraction of sp³-hybridized carbons (Fsp3) is 0.0667. The van der Waals surface area contributed by atoms with Crippen molar-refractivity contribution in [3.8, 4) is 0 Å². The van der Waals surface area contributed by atoms with Gasteiger partial charge in [-0.05, 0) is 31.2 Å². The van der Waals surface area contributed by atoms with Crippen molar-refractivity contribution >= 4 is 22.1 Å². The lowest BCUT2D eigenvalue weighted by Crippen LogP contribution is -2.16. The van der Waals surface area contributed by atoms with E-state index in [2.05, 4.69) is 4.18 Å². The molecule has 1 N–H and O–H groups in total. The average molecular weight is 320 g/mol. The Morgan fingerprint density at radius 2 is 1.50 bits per heavy atom. The number of carbonyl (C=O) groups excluding carboxylic acids is 1. The van der Waals surface area contributed by atoms with Gasteiger partial charge in [0.15, 0.2) is 0 Å². The fourth-order valence-electron chi connectivity index (χ4n) is 1.75. The van der Waals surface area contributed by atoms with Crippen molar-refractivity contribution in [2.24, 2.45) is 0 Å². The first kappa shape index (κ1) is 15.7. The molecular formula is C15H12O6S. The highest BCUT2D eigenvalue weighted by Gasteiger charge is 2.24. The summed E-state index contributed by atoms with van der Waals surface area (Å²) in [5.74, 6) is -2.58. The highest BCUT2D eigenvalue weighted by molar-refractivity contribution is 7.87. The van der Waals surface area contributed by atoms with Crippen molar-refractivity contribution in [3.05, 3.63) is 65.2 Å². The van der Waals surface area contributed by atoms with E-state index in [9.17, 15) is 18.0 Å². The molecule has 0 aromatic heterocycles. The van der Waals surface area contributed by atoms with Crippen LogP contribution < -0.4 is 0 Å². The molecule has 0 heterocycles. The van der Waals surface area contributed by atoms with Gasteiger partial charge >= 0.3 is 22.1 Å². The topological polar surface area (TPSA) is 97.7 Å². The number of aromatic carboxylic acids is 1. The first-order valence-corrected chi connectivity index (χ1v) is 7.60. The van der Waals surface area contributed by atoms with Crippen LogP contribution in [-0.2, 0) is 14.3 Å². The minimum absolute atomic E-state index is 0.181. The second-order valence-corrected chi connectivity index (χ2v) is 6.04. The molecule has 0 aliphatic carbocycles. The van der Waals surface area contributed by atoms with Gasteiger partial charge in [-0.15, -0.1) is 0 Å². The summed E-state index contributed by atoms with van der Waals surface area (Å²) >= 11 is 0. The Labute approximate surface area is 127 Å². The van der Waals surface area contributed by atoms with Crippen LogP contribution in [-0.4, -0.2) is 25.5 Å². The number of carboxylic acid groups (broad SMARTS) is 1. The lowest BCUT2D eigenvalue weighted by molar-refractivity contribution is 0.0670. The minimum Gasteiger partial charge on any atom is -0.478 e. The smallest absolute Gasteiger partial charge is 0.354 e. The third-order valence-corrected chi connectivity index (χ3v) is 4.09. The van der Waals surface area contributed by atoms with Crippen LogP contribution in [0.25, 0.3) is 0 Å². The number of aryl methyl sites for hydroxylation is 1. The summed E-state index contributed by atoms with van der Waals surface area (Å²) in [4.78, 5) is 22.8. The van der Waals surface area contributed by atoms with Gasteiger partial charge in [0.2, 0.25) is 0 Å². The lowest BCUT2D eigenvalue weighted by atomic mass is 10.1. The second-order valence-electron chi connectivity index (χ2n) is 4.49. The standard InChI is InChI=1S/C15H12O6S/c1-10-6-8-11(9-7-10)22(19,20)21-15(18)13-5-3-2-4-12(13)14(16)17/h2-9H,1H3,(H,16,17). The number of hydrogen-bond acceptors (Lipinski definition) is 5. The van der Waals surface area contributed by atoms with Gasteiger partial charge < -0.3 is 9.29 Å². The van der Waals surface area contributed by atoms with E-state index in [1.54, 1.807) is 19.1 Å². The summed E-state index contributed by atoms with van der Waals surface area (Å²) in [5, 5.41) is 9.00. The third kappa shape index (κ3) is 3.32. The van der Waals surface area contributed by atoms with Crippen LogP contribution in [0.1, 0.15) is 26.3 Å². The second kappa shape index (κ2) is 5.98. The van der Waals surface area contributed by atoms with Crippen molar-refractivity contribution in [3.63, 3.8) is 0 Å². The molecule has 22 heavy (non-hydrogen) atoms. The SMILES string of the molecule is Cc1ccc(S(=O)(=O)OC(=O)c2ccccc2C(=O)O)cc1. The predicted octanol–water partition coefficient (Wildman–Crippen LogP) is 2.24.